The summed E-state index contributed by atoms with van der Waals surface area (Å²) in [7, 11) is 0. The average molecular weight is 318 g/mol. The molecule has 0 saturated heterocycles. The van der Waals surface area contributed by atoms with Crippen molar-refractivity contribution in [2.75, 3.05) is 24.1 Å². The van der Waals surface area contributed by atoms with Gasteiger partial charge < -0.3 is 16.0 Å². The van der Waals surface area contributed by atoms with Gasteiger partial charge in [-0.1, -0.05) is 30.1 Å². The van der Waals surface area contributed by atoms with E-state index in [1.165, 1.54) is 0 Å². The first kappa shape index (κ1) is 17.1. The summed E-state index contributed by atoms with van der Waals surface area (Å²) in [5.41, 5.74) is 6.50. The Hall–Kier alpha value is -0.970. The standard InChI is InChI=1S/C14H21Cl2N3O/c1-4-19(9(2)3)6-5-13(20)18-14-11(15)7-10(17)8-12(14)16/h7-9H,4-6,17H2,1-3H3,(H,18,20). The van der Waals surface area contributed by atoms with Crippen LogP contribution in [-0.2, 0) is 4.79 Å². The van der Waals surface area contributed by atoms with E-state index < -0.39 is 0 Å². The molecule has 0 unspecified atom stereocenters. The Morgan fingerprint density at radius 2 is 1.90 bits per heavy atom. The topological polar surface area (TPSA) is 58.4 Å². The maximum Gasteiger partial charge on any atom is 0.225 e. The minimum atomic E-state index is -0.113. The van der Waals surface area contributed by atoms with Crippen LogP contribution in [0.3, 0.4) is 0 Å². The van der Waals surface area contributed by atoms with Crippen LogP contribution in [0.15, 0.2) is 12.1 Å². The number of nitrogen functional groups attached to an aromatic ring is 1. The van der Waals surface area contributed by atoms with Crippen molar-refractivity contribution in [2.45, 2.75) is 33.2 Å². The van der Waals surface area contributed by atoms with Crippen molar-refractivity contribution in [3.05, 3.63) is 22.2 Å². The smallest absolute Gasteiger partial charge is 0.225 e. The molecule has 0 aliphatic rings. The Bertz CT molecular complexity index is 454. The lowest BCUT2D eigenvalue weighted by molar-refractivity contribution is -0.116. The van der Waals surface area contributed by atoms with Crippen LogP contribution in [0.2, 0.25) is 10.0 Å². The normalized spacial score (nSPS) is 11.2. The molecule has 3 N–H and O–H groups in total. The second-order valence-corrected chi connectivity index (χ2v) is 5.69. The van der Waals surface area contributed by atoms with Crippen LogP contribution < -0.4 is 11.1 Å². The predicted octanol–water partition coefficient (Wildman–Crippen LogP) is 3.63. The number of hydrogen-bond acceptors (Lipinski definition) is 3. The SMILES string of the molecule is CCN(CCC(=O)Nc1c(Cl)cc(N)cc1Cl)C(C)C. The van der Waals surface area contributed by atoms with Crippen LogP contribution in [0.4, 0.5) is 11.4 Å². The minimum Gasteiger partial charge on any atom is -0.399 e. The number of hydrogen-bond donors (Lipinski definition) is 2. The van der Waals surface area contributed by atoms with Crippen molar-refractivity contribution in [3.63, 3.8) is 0 Å². The molecule has 0 fully saturated rings. The van der Waals surface area contributed by atoms with Crippen molar-refractivity contribution in [2.24, 2.45) is 0 Å². The molecule has 1 rings (SSSR count). The number of carbonyl (C=O) groups is 1. The Kier molecular flexibility index (Phi) is 6.59. The van der Waals surface area contributed by atoms with E-state index in [4.69, 9.17) is 28.9 Å². The molecule has 1 aromatic rings. The number of benzene rings is 1. The second-order valence-electron chi connectivity index (χ2n) is 4.88. The first-order valence-electron chi connectivity index (χ1n) is 6.63. The van der Waals surface area contributed by atoms with Crippen LogP contribution in [0.25, 0.3) is 0 Å². The molecule has 0 aliphatic carbocycles. The number of halogens is 2. The summed E-state index contributed by atoms with van der Waals surface area (Å²) in [5.74, 6) is -0.113. The van der Waals surface area contributed by atoms with Gasteiger partial charge in [0.2, 0.25) is 5.91 Å². The average Bonchev–Trinajstić information content (AvgIpc) is 2.34. The van der Waals surface area contributed by atoms with Crippen molar-refractivity contribution >= 4 is 40.5 Å². The van der Waals surface area contributed by atoms with Gasteiger partial charge in [0, 0.05) is 24.7 Å². The molecular formula is C14H21Cl2N3O. The zero-order chi connectivity index (χ0) is 15.3. The summed E-state index contributed by atoms with van der Waals surface area (Å²) in [6.45, 7) is 7.90. The van der Waals surface area contributed by atoms with E-state index in [1.807, 2.05) is 0 Å². The third-order valence-corrected chi connectivity index (χ3v) is 3.69. The molecule has 0 aromatic heterocycles. The summed E-state index contributed by atoms with van der Waals surface area (Å²) in [5, 5.41) is 3.43. The number of rotatable bonds is 6. The first-order chi connectivity index (χ1) is 9.35. The number of carbonyl (C=O) groups excluding carboxylic acids is 1. The molecule has 4 nitrogen and oxygen atoms in total. The van der Waals surface area contributed by atoms with Crippen molar-refractivity contribution < 1.29 is 4.79 Å². The Labute approximate surface area is 130 Å². The van der Waals surface area contributed by atoms with Crippen molar-refractivity contribution in [3.8, 4) is 0 Å². The molecule has 0 saturated carbocycles. The van der Waals surface area contributed by atoms with E-state index in [0.29, 0.717) is 40.4 Å². The van der Waals surface area contributed by atoms with Gasteiger partial charge in [0.1, 0.15) is 0 Å². The van der Waals surface area contributed by atoms with E-state index in [-0.39, 0.29) is 5.91 Å². The highest BCUT2D eigenvalue weighted by molar-refractivity contribution is 6.40. The second kappa shape index (κ2) is 7.72. The molecule has 0 radical (unpaired) electrons. The maximum absolute atomic E-state index is 12.0. The van der Waals surface area contributed by atoms with Crippen LogP contribution in [-0.4, -0.2) is 29.9 Å². The molecule has 0 atom stereocenters. The van der Waals surface area contributed by atoms with Gasteiger partial charge in [0.15, 0.2) is 0 Å². The number of nitrogens with one attached hydrogen (secondary N) is 1. The fourth-order valence-electron chi connectivity index (χ4n) is 1.94. The third-order valence-electron chi connectivity index (χ3n) is 3.09. The summed E-state index contributed by atoms with van der Waals surface area (Å²) < 4.78 is 0. The van der Waals surface area contributed by atoms with Gasteiger partial charge in [0.05, 0.1) is 15.7 Å². The van der Waals surface area contributed by atoms with Crippen molar-refractivity contribution in [1.29, 1.82) is 0 Å². The predicted molar refractivity (Wildman–Crippen MR) is 86.5 cm³/mol. The summed E-state index contributed by atoms with van der Waals surface area (Å²) in [6.07, 6.45) is 0.392. The summed E-state index contributed by atoms with van der Waals surface area (Å²) in [6, 6.07) is 3.54. The first-order valence-corrected chi connectivity index (χ1v) is 7.39. The Morgan fingerprint density at radius 3 is 2.35 bits per heavy atom. The lowest BCUT2D eigenvalue weighted by Gasteiger charge is -2.24. The fraction of sp³-hybridized carbons (Fsp3) is 0.500. The number of nitrogens with zero attached hydrogens (tertiary/aromatic N) is 1. The van der Waals surface area contributed by atoms with E-state index >= 15 is 0 Å². The van der Waals surface area contributed by atoms with Crippen LogP contribution >= 0.6 is 23.2 Å². The lowest BCUT2D eigenvalue weighted by Crippen LogP contribution is -2.33. The molecule has 0 bridgehead atoms. The fourth-order valence-corrected chi connectivity index (χ4v) is 2.54. The molecule has 0 aliphatic heterocycles. The number of anilines is 2. The largest absolute Gasteiger partial charge is 0.399 e. The van der Waals surface area contributed by atoms with Gasteiger partial charge in [-0.05, 0) is 32.5 Å². The van der Waals surface area contributed by atoms with Gasteiger partial charge in [0.25, 0.3) is 0 Å². The highest BCUT2D eigenvalue weighted by atomic mass is 35.5. The number of amides is 1. The van der Waals surface area contributed by atoms with Gasteiger partial charge in [-0.15, -0.1) is 0 Å². The Balaban J connectivity index is 2.63. The highest BCUT2D eigenvalue weighted by Crippen LogP contribution is 2.32. The molecule has 6 heteroatoms. The maximum atomic E-state index is 12.0. The van der Waals surface area contributed by atoms with Crippen molar-refractivity contribution in [1.82, 2.24) is 4.90 Å². The molecule has 112 valence electrons. The molecule has 1 aromatic carbocycles. The monoisotopic (exact) mass is 317 g/mol. The van der Waals surface area contributed by atoms with Crippen LogP contribution in [0.1, 0.15) is 27.2 Å². The minimum absolute atomic E-state index is 0.113. The van der Waals surface area contributed by atoms with E-state index in [1.54, 1.807) is 12.1 Å². The van der Waals surface area contributed by atoms with Gasteiger partial charge in [-0.25, -0.2) is 0 Å². The molecule has 1 amide bonds. The van der Waals surface area contributed by atoms with Gasteiger partial charge in [-0.3, -0.25) is 4.79 Å². The molecule has 0 heterocycles. The highest BCUT2D eigenvalue weighted by Gasteiger charge is 2.13. The zero-order valence-corrected chi connectivity index (χ0v) is 13.6. The van der Waals surface area contributed by atoms with Gasteiger partial charge in [-0.2, -0.15) is 0 Å². The Morgan fingerprint density at radius 1 is 1.35 bits per heavy atom. The summed E-state index contributed by atoms with van der Waals surface area (Å²) >= 11 is 12.1. The molecule has 0 spiro atoms. The van der Waals surface area contributed by atoms with E-state index in [0.717, 1.165) is 6.54 Å². The van der Waals surface area contributed by atoms with E-state index in [9.17, 15) is 4.79 Å². The lowest BCUT2D eigenvalue weighted by atomic mass is 10.2. The molecule has 20 heavy (non-hydrogen) atoms. The van der Waals surface area contributed by atoms with Crippen LogP contribution in [0, 0.1) is 0 Å². The van der Waals surface area contributed by atoms with Crippen LogP contribution in [0.5, 0.6) is 0 Å². The van der Waals surface area contributed by atoms with E-state index in [2.05, 4.69) is 31.0 Å². The summed E-state index contributed by atoms with van der Waals surface area (Å²) in [4.78, 5) is 14.2. The molecular weight excluding hydrogens is 297 g/mol. The quantitative estimate of drug-likeness (QED) is 0.787. The number of nitrogens with two attached hydrogens (primary N) is 1. The third kappa shape index (κ3) is 4.85. The zero-order valence-electron chi connectivity index (χ0n) is 12.0. The van der Waals surface area contributed by atoms with Gasteiger partial charge >= 0.3 is 0 Å².